The molecule has 7 nitrogen and oxygen atoms in total. The SMILES string of the molecule is N#C/C(=C/N(C=O)CCCN)C(=O)Nc1ccccc1C#N. The number of para-hydroxylation sites is 1. The molecule has 0 heterocycles. The molecule has 0 spiro atoms. The zero-order valence-electron chi connectivity index (χ0n) is 11.8. The standard InChI is InChI=1S/C15H15N5O2/c16-6-3-7-20(11-21)10-13(9-18)15(22)19-14-5-2-1-4-12(14)8-17/h1-2,4-5,10-11H,3,6-7,16H2,(H,19,22)/b13-10-. The number of nitrogens with two attached hydrogens (primary N) is 1. The molecule has 0 unspecified atom stereocenters. The lowest BCUT2D eigenvalue weighted by Gasteiger charge is -2.12. The highest BCUT2D eigenvalue weighted by Crippen LogP contribution is 2.14. The van der Waals surface area contributed by atoms with Gasteiger partial charge in [0, 0.05) is 12.7 Å². The van der Waals surface area contributed by atoms with E-state index in [4.69, 9.17) is 16.3 Å². The summed E-state index contributed by atoms with van der Waals surface area (Å²) in [5, 5.41) is 20.5. The zero-order chi connectivity index (χ0) is 16.4. The number of carbonyl (C=O) groups is 2. The fourth-order valence-electron chi connectivity index (χ4n) is 1.60. The number of nitriles is 2. The van der Waals surface area contributed by atoms with Crippen LogP contribution in [0.5, 0.6) is 0 Å². The van der Waals surface area contributed by atoms with Crippen molar-refractivity contribution >= 4 is 18.0 Å². The second kappa shape index (κ2) is 8.90. The first-order chi connectivity index (χ1) is 10.7. The van der Waals surface area contributed by atoms with Crippen molar-refractivity contribution in [3.05, 3.63) is 41.6 Å². The van der Waals surface area contributed by atoms with Crippen LogP contribution >= 0.6 is 0 Å². The summed E-state index contributed by atoms with van der Waals surface area (Å²) in [5.41, 5.74) is 5.69. The van der Waals surface area contributed by atoms with E-state index in [1.54, 1.807) is 30.3 Å². The number of carbonyl (C=O) groups excluding carboxylic acids is 2. The van der Waals surface area contributed by atoms with Crippen molar-refractivity contribution in [1.29, 1.82) is 10.5 Å². The first kappa shape index (κ1) is 16.9. The Morgan fingerprint density at radius 3 is 2.68 bits per heavy atom. The predicted molar refractivity (Wildman–Crippen MR) is 79.9 cm³/mol. The Balaban J connectivity index is 2.91. The quantitative estimate of drug-likeness (QED) is 0.436. The van der Waals surface area contributed by atoms with E-state index in [2.05, 4.69) is 5.32 Å². The minimum absolute atomic E-state index is 0.239. The van der Waals surface area contributed by atoms with Crippen LogP contribution in [0.3, 0.4) is 0 Å². The molecule has 0 atom stereocenters. The second-order valence-corrected chi connectivity index (χ2v) is 4.25. The van der Waals surface area contributed by atoms with Crippen molar-refractivity contribution in [2.45, 2.75) is 6.42 Å². The molecule has 1 rings (SSSR count). The average Bonchev–Trinajstić information content (AvgIpc) is 2.55. The van der Waals surface area contributed by atoms with E-state index in [0.29, 0.717) is 31.6 Å². The van der Waals surface area contributed by atoms with E-state index in [1.165, 1.54) is 4.90 Å². The van der Waals surface area contributed by atoms with Crippen LogP contribution in [0.15, 0.2) is 36.0 Å². The molecule has 1 aromatic carbocycles. The van der Waals surface area contributed by atoms with Crippen LogP contribution in [0.4, 0.5) is 5.69 Å². The first-order valence-electron chi connectivity index (χ1n) is 6.49. The molecule has 2 amide bonds. The Labute approximate surface area is 128 Å². The van der Waals surface area contributed by atoms with Gasteiger partial charge in [-0.15, -0.1) is 0 Å². The fourth-order valence-corrected chi connectivity index (χ4v) is 1.60. The van der Waals surface area contributed by atoms with Gasteiger partial charge in [0.15, 0.2) is 0 Å². The number of hydrogen-bond donors (Lipinski definition) is 2. The van der Waals surface area contributed by atoms with Gasteiger partial charge in [0.1, 0.15) is 17.7 Å². The number of amides is 2. The van der Waals surface area contributed by atoms with Gasteiger partial charge in [-0.05, 0) is 25.1 Å². The summed E-state index contributed by atoms with van der Waals surface area (Å²) >= 11 is 0. The van der Waals surface area contributed by atoms with Gasteiger partial charge in [-0.1, -0.05) is 12.1 Å². The predicted octanol–water partition coefficient (Wildman–Crippen LogP) is 0.711. The van der Waals surface area contributed by atoms with Crippen LogP contribution in [0.25, 0.3) is 0 Å². The largest absolute Gasteiger partial charge is 0.330 e. The van der Waals surface area contributed by atoms with Crippen LogP contribution in [0.1, 0.15) is 12.0 Å². The van der Waals surface area contributed by atoms with Crippen LogP contribution in [-0.2, 0) is 9.59 Å². The van der Waals surface area contributed by atoms with Crippen LogP contribution < -0.4 is 11.1 Å². The third-order valence-electron chi connectivity index (χ3n) is 2.71. The van der Waals surface area contributed by atoms with E-state index in [9.17, 15) is 9.59 Å². The topological polar surface area (TPSA) is 123 Å². The van der Waals surface area contributed by atoms with Crippen molar-refractivity contribution in [3.63, 3.8) is 0 Å². The number of nitrogens with one attached hydrogen (secondary N) is 1. The zero-order valence-corrected chi connectivity index (χ0v) is 11.8. The van der Waals surface area contributed by atoms with Gasteiger partial charge in [-0.2, -0.15) is 10.5 Å². The highest BCUT2D eigenvalue weighted by atomic mass is 16.2. The summed E-state index contributed by atoms with van der Waals surface area (Å²) in [4.78, 5) is 24.1. The van der Waals surface area contributed by atoms with Crippen LogP contribution in [-0.4, -0.2) is 30.3 Å². The number of rotatable bonds is 7. The lowest BCUT2D eigenvalue weighted by Crippen LogP contribution is -2.22. The molecular weight excluding hydrogens is 282 g/mol. The van der Waals surface area contributed by atoms with Gasteiger partial charge in [0.25, 0.3) is 5.91 Å². The number of anilines is 1. The summed E-state index contributed by atoms with van der Waals surface area (Å²) in [6.45, 7) is 0.703. The molecule has 0 saturated carbocycles. The molecule has 0 fully saturated rings. The third-order valence-corrected chi connectivity index (χ3v) is 2.71. The Morgan fingerprint density at radius 1 is 1.36 bits per heavy atom. The summed E-state index contributed by atoms with van der Waals surface area (Å²) in [7, 11) is 0. The average molecular weight is 297 g/mol. The summed E-state index contributed by atoms with van der Waals surface area (Å²) in [6, 6.07) is 10.1. The lowest BCUT2D eigenvalue weighted by molar-refractivity contribution is -0.116. The monoisotopic (exact) mass is 297 g/mol. The molecule has 0 radical (unpaired) electrons. The lowest BCUT2D eigenvalue weighted by atomic mass is 10.2. The molecule has 3 N–H and O–H groups in total. The summed E-state index contributed by atoms with van der Waals surface area (Å²) in [6.07, 6.45) is 2.23. The van der Waals surface area contributed by atoms with Crippen molar-refractivity contribution in [3.8, 4) is 12.1 Å². The number of hydrogen-bond acceptors (Lipinski definition) is 5. The van der Waals surface area contributed by atoms with E-state index >= 15 is 0 Å². The molecule has 0 bridgehead atoms. The third kappa shape index (κ3) is 4.75. The Morgan fingerprint density at radius 2 is 2.09 bits per heavy atom. The van der Waals surface area contributed by atoms with E-state index in [1.807, 2.05) is 6.07 Å². The van der Waals surface area contributed by atoms with Gasteiger partial charge < -0.3 is 16.0 Å². The molecule has 0 aliphatic heterocycles. The van der Waals surface area contributed by atoms with E-state index < -0.39 is 5.91 Å². The van der Waals surface area contributed by atoms with Crippen molar-refractivity contribution in [2.75, 3.05) is 18.4 Å². The van der Waals surface area contributed by atoms with Crippen molar-refractivity contribution in [2.24, 2.45) is 5.73 Å². The van der Waals surface area contributed by atoms with Gasteiger partial charge in [0.05, 0.1) is 11.3 Å². The molecule has 22 heavy (non-hydrogen) atoms. The van der Waals surface area contributed by atoms with Gasteiger partial charge in [-0.25, -0.2) is 0 Å². The molecule has 7 heteroatoms. The maximum absolute atomic E-state index is 12.1. The van der Waals surface area contributed by atoms with E-state index in [0.717, 1.165) is 6.20 Å². The molecule has 0 aromatic heterocycles. The highest BCUT2D eigenvalue weighted by molar-refractivity contribution is 6.07. The maximum Gasteiger partial charge on any atom is 0.267 e. The maximum atomic E-state index is 12.1. The van der Waals surface area contributed by atoms with Crippen LogP contribution in [0, 0.1) is 22.7 Å². The normalized spacial score (nSPS) is 10.2. The van der Waals surface area contributed by atoms with Crippen molar-refractivity contribution in [1.82, 2.24) is 4.90 Å². The van der Waals surface area contributed by atoms with E-state index in [-0.39, 0.29) is 11.1 Å². The highest BCUT2D eigenvalue weighted by Gasteiger charge is 2.13. The molecule has 1 aromatic rings. The smallest absolute Gasteiger partial charge is 0.267 e. The molecule has 0 aliphatic rings. The molecule has 112 valence electrons. The number of nitrogens with zero attached hydrogens (tertiary/aromatic N) is 3. The fraction of sp³-hybridized carbons (Fsp3) is 0.200. The van der Waals surface area contributed by atoms with Gasteiger partial charge in [0.2, 0.25) is 6.41 Å². The molecule has 0 aliphatic carbocycles. The first-order valence-corrected chi connectivity index (χ1v) is 6.49. The van der Waals surface area contributed by atoms with Gasteiger partial charge >= 0.3 is 0 Å². The molecular formula is C15H15N5O2. The summed E-state index contributed by atoms with van der Waals surface area (Å²) < 4.78 is 0. The molecule has 0 saturated heterocycles. The van der Waals surface area contributed by atoms with Gasteiger partial charge in [-0.3, -0.25) is 9.59 Å². The Kier molecular flexibility index (Phi) is 6.84. The Bertz CT molecular complexity index is 655. The Hall–Kier alpha value is -3.16. The van der Waals surface area contributed by atoms with Crippen LogP contribution in [0.2, 0.25) is 0 Å². The van der Waals surface area contributed by atoms with Crippen molar-refractivity contribution < 1.29 is 9.59 Å². The summed E-state index contributed by atoms with van der Waals surface area (Å²) in [5.74, 6) is -0.690. The second-order valence-electron chi connectivity index (χ2n) is 4.25. The minimum Gasteiger partial charge on any atom is -0.330 e. The number of benzene rings is 1. The minimum atomic E-state index is -0.690.